The number of rotatable bonds is 17. The molecule has 0 radical (unpaired) electrons. The van der Waals surface area contributed by atoms with E-state index in [1.54, 1.807) is 12.1 Å². The number of carboxylic acids is 1. The lowest BCUT2D eigenvalue weighted by molar-refractivity contribution is -0.143. The third kappa shape index (κ3) is 16.0. The predicted octanol–water partition coefficient (Wildman–Crippen LogP) is 9.28. The normalized spacial score (nSPS) is 11.8. The van der Waals surface area contributed by atoms with Crippen molar-refractivity contribution in [2.24, 2.45) is 17.8 Å². The quantitative estimate of drug-likeness (QED) is 0.0962. The second kappa shape index (κ2) is 23.0. The van der Waals surface area contributed by atoms with Crippen molar-refractivity contribution in [2.45, 2.75) is 99.3 Å². The van der Waals surface area contributed by atoms with E-state index in [-0.39, 0.29) is 24.8 Å². The SMILES string of the molecule is CC.CC(C)C.CCCc1ccc(CCC(CC(CCCCc2nc3ccccc3o2)C(=O)O)C(=O)NCC(=O)Nc2ccccc2)cc1. The molecule has 49 heavy (non-hydrogen) atoms. The second-order valence-electron chi connectivity index (χ2n) is 12.8. The highest BCUT2D eigenvalue weighted by atomic mass is 16.4. The van der Waals surface area contributed by atoms with Gasteiger partial charge in [-0.3, -0.25) is 14.4 Å². The molecule has 2 amide bonds. The van der Waals surface area contributed by atoms with Gasteiger partial charge in [0.1, 0.15) is 5.52 Å². The molecule has 4 rings (SSSR count). The molecule has 2 unspecified atom stereocenters. The summed E-state index contributed by atoms with van der Waals surface area (Å²) in [5, 5.41) is 15.5. The summed E-state index contributed by atoms with van der Waals surface area (Å²) in [6.45, 7) is 12.5. The lowest BCUT2D eigenvalue weighted by atomic mass is 9.86. The largest absolute Gasteiger partial charge is 0.481 e. The number of nitrogens with zero attached hydrogens (tertiary/aromatic N) is 1. The summed E-state index contributed by atoms with van der Waals surface area (Å²) in [4.78, 5) is 42.5. The van der Waals surface area contributed by atoms with Gasteiger partial charge in [-0.15, -0.1) is 0 Å². The summed E-state index contributed by atoms with van der Waals surface area (Å²) in [5.41, 5.74) is 4.58. The van der Waals surface area contributed by atoms with Crippen LogP contribution in [0.5, 0.6) is 0 Å². The number of hydrogen-bond donors (Lipinski definition) is 3. The first kappa shape index (κ1) is 40.7. The van der Waals surface area contributed by atoms with Crippen LogP contribution in [-0.4, -0.2) is 34.4 Å². The summed E-state index contributed by atoms with van der Waals surface area (Å²) in [7, 11) is 0. The molecule has 3 aromatic carbocycles. The minimum atomic E-state index is -0.912. The standard InChI is InChI=1S/C35H41N3O5.C4H10.C2H6/c1-2-10-25-17-19-26(20-18-25)21-22-27(34(40)36-24-32(39)37-29-12-4-3-5-13-29)23-28(35(41)42)11-6-9-16-33-38-30-14-7-8-15-31(30)43-33;1-4(2)3;1-2/h3-5,7-8,12-15,17-20,27-28H,2,6,9-11,16,21-24H2,1H3,(H,36,40)(H,37,39)(H,41,42);4H,1-3H3;1-2H3. The molecule has 266 valence electrons. The average molecular weight is 672 g/mol. The van der Waals surface area contributed by atoms with Crippen molar-refractivity contribution in [3.8, 4) is 0 Å². The van der Waals surface area contributed by atoms with Gasteiger partial charge in [0.05, 0.1) is 12.5 Å². The highest BCUT2D eigenvalue weighted by molar-refractivity contribution is 5.94. The van der Waals surface area contributed by atoms with E-state index >= 15 is 0 Å². The Morgan fingerprint density at radius 1 is 0.776 bits per heavy atom. The summed E-state index contributed by atoms with van der Waals surface area (Å²) < 4.78 is 5.78. The number of aliphatic carboxylic acids is 1. The number of amides is 2. The van der Waals surface area contributed by atoms with Gasteiger partial charge in [-0.1, -0.05) is 109 Å². The van der Waals surface area contributed by atoms with Crippen LogP contribution in [0.2, 0.25) is 0 Å². The van der Waals surface area contributed by atoms with E-state index in [9.17, 15) is 19.5 Å². The number of fused-ring (bicyclic) bond motifs is 1. The van der Waals surface area contributed by atoms with Crippen LogP contribution in [0.4, 0.5) is 5.69 Å². The van der Waals surface area contributed by atoms with Crippen LogP contribution in [0.25, 0.3) is 11.1 Å². The number of aryl methyl sites for hydroxylation is 3. The zero-order valence-electron chi connectivity index (χ0n) is 30.3. The number of hydrogen-bond acceptors (Lipinski definition) is 5. The van der Waals surface area contributed by atoms with Crippen LogP contribution in [0.15, 0.2) is 83.3 Å². The van der Waals surface area contributed by atoms with Crippen molar-refractivity contribution in [3.05, 3.63) is 95.9 Å². The minimum Gasteiger partial charge on any atom is -0.481 e. The molecule has 4 aromatic rings. The Labute approximate surface area is 293 Å². The van der Waals surface area contributed by atoms with E-state index in [2.05, 4.69) is 67.6 Å². The van der Waals surface area contributed by atoms with Crippen LogP contribution in [0, 0.1) is 17.8 Å². The zero-order valence-corrected chi connectivity index (χ0v) is 30.3. The Kier molecular flexibility index (Phi) is 19.1. The lowest BCUT2D eigenvalue weighted by Crippen LogP contribution is -2.38. The fraction of sp³-hybridized carbons (Fsp3) is 0.463. The number of oxazole rings is 1. The van der Waals surface area contributed by atoms with Crippen molar-refractivity contribution < 1.29 is 23.9 Å². The predicted molar refractivity (Wildman–Crippen MR) is 199 cm³/mol. The van der Waals surface area contributed by atoms with Crippen LogP contribution in [0.1, 0.15) is 97.1 Å². The molecular weight excluding hydrogens is 614 g/mol. The van der Waals surface area contributed by atoms with E-state index in [1.807, 2.05) is 56.3 Å². The molecule has 0 spiro atoms. The molecule has 0 bridgehead atoms. The number of para-hydroxylation sites is 3. The maximum absolute atomic E-state index is 13.3. The molecule has 8 heteroatoms. The third-order valence-electron chi connectivity index (χ3n) is 7.64. The molecule has 1 heterocycles. The van der Waals surface area contributed by atoms with Gasteiger partial charge in [-0.2, -0.15) is 0 Å². The molecule has 2 atom stereocenters. The van der Waals surface area contributed by atoms with E-state index in [0.29, 0.717) is 43.7 Å². The van der Waals surface area contributed by atoms with Crippen LogP contribution in [0.3, 0.4) is 0 Å². The van der Waals surface area contributed by atoms with Crippen molar-refractivity contribution in [1.82, 2.24) is 10.3 Å². The smallest absolute Gasteiger partial charge is 0.306 e. The van der Waals surface area contributed by atoms with Crippen molar-refractivity contribution in [2.75, 3.05) is 11.9 Å². The zero-order chi connectivity index (χ0) is 36.0. The van der Waals surface area contributed by atoms with Crippen LogP contribution < -0.4 is 10.6 Å². The molecule has 8 nitrogen and oxygen atoms in total. The summed E-state index contributed by atoms with van der Waals surface area (Å²) in [5.74, 6) is -1.29. The van der Waals surface area contributed by atoms with Gasteiger partial charge < -0.3 is 20.2 Å². The van der Waals surface area contributed by atoms with Gasteiger partial charge in [0.25, 0.3) is 0 Å². The average Bonchev–Trinajstić information content (AvgIpc) is 3.51. The maximum Gasteiger partial charge on any atom is 0.306 e. The van der Waals surface area contributed by atoms with Gasteiger partial charge >= 0.3 is 5.97 Å². The van der Waals surface area contributed by atoms with E-state index in [1.165, 1.54) is 5.56 Å². The second-order valence-corrected chi connectivity index (χ2v) is 12.8. The summed E-state index contributed by atoms with van der Waals surface area (Å²) in [6, 6.07) is 25.0. The van der Waals surface area contributed by atoms with Crippen molar-refractivity contribution in [3.63, 3.8) is 0 Å². The number of carboxylic acid groups (broad SMARTS) is 1. The number of nitrogens with one attached hydrogen (secondary N) is 2. The first-order chi connectivity index (χ1) is 23.6. The number of unbranched alkanes of at least 4 members (excludes halogenated alkanes) is 1. The van der Waals surface area contributed by atoms with Gasteiger partial charge in [0, 0.05) is 18.0 Å². The number of benzene rings is 3. The lowest BCUT2D eigenvalue weighted by Gasteiger charge is -2.21. The van der Waals surface area contributed by atoms with E-state index in [0.717, 1.165) is 41.8 Å². The summed E-state index contributed by atoms with van der Waals surface area (Å²) >= 11 is 0. The first-order valence-electron chi connectivity index (χ1n) is 17.9. The fourth-order valence-electron chi connectivity index (χ4n) is 5.28. The first-order valence-corrected chi connectivity index (χ1v) is 17.9. The van der Waals surface area contributed by atoms with Crippen molar-refractivity contribution in [1.29, 1.82) is 0 Å². The maximum atomic E-state index is 13.3. The number of aromatic nitrogens is 1. The van der Waals surface area contributed by atoms with E-state index < -0.39 is 17.8 Å². The van der Waals surface area contributed by atoms with Crippen LogP contribution in [-0.2, 0) is 33.6 Å². The molecule has 0 saturated carbocycles. The molecule has 0 saturated heterocycles. The Bertz CT molecular complexity index is 1480. The fourth-order valence-corrected chi connectivity index (χ4v) is 5.28. The Morgan fingerprint density at radius 2 is 1.39 bits per heavy atom. The van der Waals surface area contributed by atoms with Crippen molar-refractivity contribution >= 4 is 34.6 Å². The van der Waals surface area contributed by atoms with Gasteiger partial charge in [-0.05, 0) is 79.8 Å². The minimum absolute atomic E-state index is 0.182. The molecule has 0 aliphatic heterocycles. The third-order valence-corrected chi connectivity index (χ3v) is 7.64. The molecule has 1 aromatic heterocycles. The topological polar surface area (TPSA) is 122 Å². The van der Waals surface area contributed by atoms with Crippen LogP contribution >= 0.6 is 0 Å². The highest BCUT2D eigenvalue weighted by Gasteiger charge is 2.27. The molecular formula is C41H57N3O5. The number of carbonyl (C=O) groups is 3. The molecule has 0 aliphatic rings. The Morgan fingerprint density at radius 3 is 2.00 bits per heavy atom. The van der Waals surface area contributed by atoms with Gasteiger partial charge in [0.2, 0.25) is 11.8 Å². The monoisotopic (exact) mass is 671 g/mol. The molecule has 3 N–H and O–H groups in total. The Hall–Kier alpha value is -4.46. The van der Waals surface area contributed by atoms with E-state index in [4.69, 9.17) is 4.42 Å². The van der Waals surface area contributed by atoms with Gasteiger partial charge in [-0.25, -0.2) is 4.98 Å². The highest BCUT2D eigenvalue weighted by Crippen LogP contribution is 2.25. The number of carbonyl (C=O) groups excluding carboxylic acids is 2. The molecule has 0 fully saturated rings. The molecule has 0 aliphatic carbocycles. The summed E-state index contributed by atoms with van der Waals surface area (Å²) in [6.07, 6.45) is 5.90. The Balaban J connectivity index is 0.00000129. The number of anilines is 1. The van der Waals surface area contributed by atoms with Gasteiger partial charge in [0.15, 0.2) is 11.5 Å².